The predicted octanol–water partition coefficient (Wildman–Crippen LogP) is 2.12. The van der Waals surface area contributed by atoms with Gasteiger partial charge in [-0.2, -0.15) is 0 Å². The van der Waals surface area contributed by atoms with Gasteiger partial charge < -0.3 is 19.7 Å². The molecular weight excluding hydrogens is 292 g/mol. The number of hydrogen-bond donors (Lipinski definition) is 2. The highest BCUT2D eigenvalue weighted by molar-refractivity contribution is 5.82. The van der Waals surface area contributed by atoms with Gasteiger partial charge in [0.15, 0.2) is 0 Å². The molecule has 0 amide bonds. The first kappa shape index (κ1) is 16.0. The number of piperidine rings is 1. The number of aliphatic hydroxyl groups is 1. The molecule has 1 aromatic carbocycles. The molecule has 0 bridgehead atoms. The van der Waals surface area contributed by atoms with Gasteiger partial charge in [-0.1, -0.05) is 6.07 Å². The number of carboxylic acid groups (broad SMARTS) is 1. The molecule has 124 valence electrons. The Labute approximate surface area is 136 Å². The van der Waals surface area contributed by atoms with E-state index in [1.807, 2.05) is 18.2 Å². The normalized spacial score (nSPS) is 16.9. The van der Waals surface area contributed by atoms with Gasteiger partial charge in [-0.05, 0) is 55.0 Å². The molecule has 23 heavy (non-hydrogen) atoms. The number of hydrogen-bond acceptors (Lipinski definition) is 3. The van der Waals surface area contributed by atoms with Crippen molar-refractivity contribution in [2.75, 3.05) is 19.6 Å². The number of aryl methyl sites for hydroxylation is 1. The van der Waals surface area contributed by atoms with Gasteiger partial charge in [0, 0.05) is 31.3 Å². The van der Waals surface area contributed by atoms with Gasteiger partial charge in [0.05, 0.1) is 12.5 Å². The Balaban J connectivity index is 1.57. The van der Waals surface area contributed by atoms with Crippen molar-refractivity contribution in [1.82, 2.24) is 9.47 Å². The van der Waals surface area contributed by atoms with E-state index in [1.165, 1.54) is 0 Å². The smallest absolute Gasteiger partial charge is 0.307 e. The van der Waals surface area contributed by atoms with Gasteiger partial charge in [0.25, 0.3) is 0 Å². The van der Waals surface area contributed by atoms with Crippen molar-refractivity contribution in [3.63, 3.8) is 0 Å². The summed E-state index contributed by atoms with van der Waals surface area (Å²) >= 11 is 0. The number of rotatable bonds is 6. The molecule has 3 rings (SSSR count). The van der Waals surface area contributed by atoms with Gasteiger partial charge in [0.2, 0.25) is 0 Å². The first-order valence-electron chi connectivity index (χ1n) is 8.32. The van der Waals surface area contributed by atoms with Crippen LogP contribution in [0.5, 0.6) is 0 Å². The van der Waals surface area contributed by atoms with Gasteiger partial charge in [-0.15, -0.1) is 0 Å². The van der Waals surface area contributed by atoms with Crippen molar-refractivity contribution in [1.29, 1.82) is 0 Å². The molecule has 0 unspecified atom stereocenters. The number of nitrogens with zero attached hydrogens (tertiary/aromatic N) is 2. The fourth-order valence-electron chi connectivity index (χ4n) is 3.34. The molecule has 0 aliphatic carbocycles. The van der Waals surface area contributed by atoms with E-state index in [4.69, 9.17) is 5.11 Å². The fraction of sp³-hybridized carbons (Fsp3) is 0.500. The molecule has 1 aliphatic rings. The van der Waals surface area contributed by atoms with Crippen molar-refractivity contribution >= 4 is 16.9 Å². The van der Waals surface area contributed by atoms with E-state index < -0.39 is 5.97 Å². The second kappa shape index (κ2) is 7.15. The molecule has 2 heterocycles. The van der Waals surface area contributed by atoms with Crippen LogP contribution in [0.15, 0.2) is 30.5 Å². The lowest BCUT2D eigenvalue weighted by Crippen LogP contribution is -2.36. The second-order valence-electron chi connectivity index (χ2n) is 6.40. The number of likely N-dealkylation sites (tertiary alicyclic amines) is 1. The second-order valence-corrected chi connectivity index (χ2v) is 6.40. The molecule has 0 atom stereocenters. The summed E-state index contributed by atoms with van der Waals surface area (Å²) in [6.07, 6.45) is 4.89. The maximum absolute atomic E-state index is 10.8. The average Bonchev–Trinajstić information content (AvgIpc) is 2.91. The van der Waals surface area contributed by atoms with Crippen LogP contribution >= 0.6 is 0 Å². The third kappa shape index (κ3) is 4.12. The molecule has 5 heteroatoms. The molecule has 2 N–H and O–H groups in total. The molecule has 1 saturated heterocycles. The Kier molecular flexibility index (Phi) is 4.98. The topological polar surface area (TPSA) is 65.7 Å². The zero-order valence-corrected chi connectivity index (χ0v) is 13.3. The molecule has 0 spiro atoms. The lowest BCUT2D eigenvalue weighted by atomic mass is 10.1. The quantitative estimate of drug-likeness (QED) is 0.857. The predicted molar refractivity (Wildman–Crippen MR) is 89.6 cm³/mol. The largest absolute Gasteiger partial charge is 0.481 e. The minimum atomic E-state index is -0.796. The van der Waals surface area contributed by atoms with Crippen molar-refractivity contribution in [2.45, 2.75) is 38.3 Å². The molecule has 2 aromatic rings. The van der Waals surface area contributed by atoms with Gasteiger partial charge in [0.1, 0.15) is 0 Å². The highest BCUT2D eigenvalue weighted by Crippen LogP contribution is 2.19. The van der Waals surface area contributed by atoms with Crippen LogP contribution < -0.4 is 0 Å². The number of aliphatic carboxylic acids is 1. The summed E-state index contributed by atoms with van der Waals surface area (Å²) in [6.45, 7) is 4.00. The monoisotopic (exact) mass is 316 g/mol. The van der Waals surface area contributed by atoms with Gasteiger partial charge in [-0.3, -0.25) is 4.79 Å². The van der Waals surface area contributed by atoms with E-state index in [1.54, 1.807) is 0 Å². The van der Waals surface area contributed by atoms with Crippen LogP contribution in [-0.2, 0) is 17.8 Å². The summed E-state index contributed by atoms with van der Waals surface area (Å²) in [4.78, 5) is 13.2. The third-order valence-corrected chi connectivity index (χ3v) is 4.62. The lowest BCUT2D eigenvalue weighted by molar-refractivity contribution is -0.136. The Morgan fingerprint density at radius 2 is 1.96 bits per heavy atom. The highest BCUT2D eigenvalue weighted by atomic mass is 16.4. The average molecular weight is 316 g/mol. The Morgan fingerprint density at radius 3 is 2.70 bits per heavy atom. The summed E-state index contributed by atoms with van der Waals surface area (Å²) in [5, 5.41) is 19.5. The van der Waals surface area contributed by atoms with Crippen LogP contribution in [0.3, 0.4) is 0 Å². The van der Waals surface area contributed by atoms with Crippen LogP contribution in [0, 0.1) is 0 Å². The minimum Gasteiger partial charge on any atom is -0.481 e. The number of fused-ring (bicyclic) bond motifs is 1. The fourth-order valence-corrected chi connectivity index (χ4v) is 3.34. The van der Waals surface area contributed by atoms with Gasteiger partial charge >= 0.3 is 5.97 Å². The maximum Gasteiger partial charge on any atom is 0.307 e. The zero-order chi connectivity index (χ0) is 16.2. The highest BCUT2D eigenvalue weighted by Gasteiger charge is 2.16. The van der Waals surface area contributed by atoms with Gasteiger partial charge in [-0.25, -0.2) is 0 Å². The first-order valence-corrected chi connectivity index (χ1v) is 8.32. The summed E-state index contributed by atoms with van der Waals surface area (Å²) < 4.78 is 2.23. The summed E-state index contributed by atoms with van der Waals surface area (Å²) in [6, 6.07) is 7.94. The molecular formula is C18H24N2O3. The number of carboxylic acids is 1. The number of carbonyl (C=O) groups is 1. The summed E-state index contributed by atoms with van der Waals surface area (Å²) in [5.41, 5.74) is 2.00. The molecule has 0 saturated carbocycles. The van der Waals surface area contributed by atoms with E-state index in [9.17, 15) is 9.90 Å². The Hall–Kier alpha value is -1.85. The molecule has 1 aromatic heterocycles. The van der Waals surface area contributed by atoms with E-state index in [0.717, 1.165) is 61.9 Å². The summed E-state index contributed by atoms with van der Waals surface area (Å²) in [7, 11) is 0. The first-order chi connectivity index (χ1) is 11.1. The van der Waals surface area contributed by atoms with Crippen molar-refractivity contribution in [3.8, 4) is 0 Å². The Bertz CT molecular complexity index is 672. The molecule has 5 nitrogen and oxygen atoms in total. The zero-order valence-electron chi connectivity index (χ0n) is 13.3. The van der Waals surface area contributed by atoms with Crippen LogP contribution in [0.25, 0.3) is 10.9 Å². The van der Waals surface area contributed by atoms with E-state index in [2.05, 4.69) is 21.7 Å². The SMILES string of the molecule is O=C(O)Cc1ccc2c(ccn2CCCN2CCC(O)CC2)c1. The van der Waals surface area contributed by atoms with Crippen LogP contribution in [0.1, 0.15) is 24.8 Å². The standard InChI is InChI=1S/C18H24N2O3/c21-16-5-9-19(10-6-16)7-1-8-20-11-4-15-12-14(13-18(22)23)2-3-17(15)20/h2-4,11-12,16,21H,1,5-10,13H2,(H,22,23). The number of benzene rings is 1. The molecule has 0 radical (unpaired) electrons. The van der Waals surface area contributed by atoms with E-state index in [-0.39, 0.29) is 12.5 Å². The van der Waals surface area contributed by atoms with E-state index >= 15 is 0 Å². The molecule has 1 aliphatic heterocycles. The van der Waals surface area contributed by atoms with Crippen molar-refractivity contribution < 1.29 is 15.0 Å². The maximum atomic E-state index is 10.8. The lowest BCUT2D eigenvalue weighted by Gasteiger charge is -2.29. The number of aliphatic hydroxyl groups excluding tert-OH is 1. The van der Waals surface area contributed by atoms with Crippen molar-refractivity contribution in [3.05, 3.63) is 36.0 Å². The number of aromatic nitrogens is 1. The van der Waals surface area contributed by atoms with Crippen LogP contribution in [-0.4, -0.2) is 51.4 Å². The van der Waals surface area contributed by atoms with Crippen LogP contribution in [0.2, 0.25) is 0 Å². The van der Waals surface area contributed by atoms with Crippen molar-refractivity contribution in [2.24, 2.45) is 0 Å². The molecule has 1 fully saturated rings. The van der Waals surface area contributed by atoms with E-state index in [0.29, 0.717) is 0 Å². The Morgan fingerprint density at radius 1 is 1.17 bits per heavy atom. The third-order valence-electron chi connectivity index (χ3n) is 4.62. The summed E-state index contributed by atoms with van der Waals surface area (Å²) in [5.74, 6) is -0.796. The van der Waals surface area contributed by atoms with Crippen LogP contribution in [0.4, 0.5) is 0 Å². The minimum absolute atomic E-state index is 0.0714.